The molecule has 5 nitrogen and oxygen atoms in total. The van der Waals surface area contributed by atoms with Gasteiger partial charge in [0, 0.05) is 20.1 Å². The molecular weight excluding hydrogens is 427 g/mol. The number of nitrogens with zero attached hydrogens (tertiary/aromatic N) is 2. The molecule has 8 heteroatoms. The average molecular weight is 440 g/mol. The summed E-state index contributed by atoms with van der Waals surface area (Å²) in [6.07, 6.45) is 0. The summed E-state index contributed by atoms with van der Waals surface area (Å²) in [5, 5.41) is 5.63. The second-order valence-corrected chi connectivity index (χ2v) is 7.05. The third kappa shape index (κ3) is 4.04. The van der Waals surface area contributed by atoms with Crippen LogP contribution in [0.3, 0.4) is 0 Å². The van der Waals surface area contributed by atoms with Gasteiger partial charge < -0.3 is 0 Å². The predicted octanol–water partition coefficient (Wildman–Crippen LogP) is 4.27. The van der Waals surface area contributed by atoms with Crippen molar-refractivity contribution in [2.45, 2.75) is 6.54 Å². The third-order valence-electron chi connectivity index (χ3n) is 3.61. The summed E-state index contributed by atoms with van der Waals surface area (Å²) in [7, 11) is 0. The number of aromatic nitrogens is 2. The summed E-state index contributed by atoms with van der Waals surface area (Å²) < 4.78 is 2.51. The van der Waals surface area contributed by atoms with Crippen LogP contribution < -0.4 is 11.3 Å². The Labute approximate surface area is 162 Å². The van der Waals surface area contributed by atoms with Gasteiger partial charge >= 0.3 is 0 Å². The zero-order valence-electron chi connectivity index (χ0n) is 12.8. The molecule has 3 aromatic rings. The standard InChI is InChI=1S/C17H13BrCl2N4O/c18-12-3-1-10(2-4-12)15-8-16(17(25)22-21)24(23-15)9-11-7-13(19)5-6-14(11)20/h1-8H,9,21H2,(H,22,25). The molecule has 0 aliphatic heterocycles. The number of rotatable bonds is 4. The Morgan fingerprint density at radius 2 is 1.88 bits per heavy atom. The first-order valence-electron chi connectivity index (χ1n) is 7.26. The second kappa shape index (κ2) is 7.58. The van der Waals surface area contributed by atoms with Crippen LogP contribution in [-0.2, 0) is 6.54 Å². The number of nitrogens with two attached hydrogens (primary N) is 1. The maximum absolute atomic E-state index is 12.1. The Morgan fingerprint density at radius 3 is 2.56 bits per heavy atom. The van der Waals surface area contributed by atoms with Crippen LogP contribution in [-0.4, -0.2) is 15.7 Å². The van der Waals surface area contributed by atoms with E-state index in [2.05, 4.69) is 26.5 Å². The number of nitrogens with one attached hydrogen (secondary N) is 1. The van der Waals surface area contributed by atoms with E-state index in [1.807, 2.05) is 24.3 Å². The molecule has 3 N–H and O–H groups in total. The summed E-state index contributed by atoms with van der Waals surface area (Å²) in [5.74, 6) is 4.86. The summed E-state index contributed by atoms with van der Waals surface area (Å²) in [6, 6.07) is 14.5. The quantitative estimate of drug-likeness (QED) is 0.362. The van der Waals surface area contributed by atoms with Crippen molar-refractivity contribution in [3.05, 3.63) is 74.3 Å². The number of carbonyl (C=O) groups excluding carboxylic acids is 1. The van der Waals surface area contributed by atoms with E-state index in [0.29, 0.717) is 28.0 Å². The normalized spacial score (nSPS) is 10.7. The van der Waals surface area contributed by atoms with Crippen LogP contribution in [0.25, 0.3) is 11.3 Å². The van der Waals surface area contributed by atoms with Gasteiger partial charge in [-0.05, 0) is 42.0 Å². The Hall–Kier alpha value is -1.86. The van der Waals surface area contributed by atoms with Crippen LogP contribution >= 0.6 is 39.1 Å². The number of carbonyl (C=O) groups is 1. The van der Waals surface area contributed by atoms with Gasteiger partial charge in [-0.3, -0.25) is 14.9 Å². The molecule has 128 valence electrons. The number of benzene rings is 2. The zero-order chi connectivity index (χ0) is 18.0. The van der Waals surface area contributed by atoms with E-state index in [9.17, 15) is 4.79 Å². The van der Waals surface area contributed by atoms with Gasteiger partial charge in [0.25, 0.3) is 5.91 Å². The molecule has 0 bridgehead atoms. The summed E-state index contributed by atoms with van der Waals surface area (Å²) in [4.78, 5) is 12.1. The highest BCUT2D eigenvalue weighted by atomic mass is 79.9. The van der Waals surface area contributed by atoms with Crippen LogP contribution in [0.15, 0.2) is 53.0 Å². The van der Waals surface area contributed by atoms with Crippen molar-refractivity contribution in [1.29, 1.82) is 0 Å². The second-order valence-electron chi connectivity index (χ2n) is 5.29. The van der Waals surface area contributed by atoms with Crippen molar-refractivity contribution >= 4 is 45.0 Å². The number of halogens is 3. The largest absolute Gasteiger partial charge is 0.289 e. The Morgan fingerprint density at radius 1 is 1.16 bits per heavy atom. The van der Waals surface area contributed by atoms with Crippen molar-refractivity contribution in [2.75, 3.05) is 0 Å². The molecule has 0 atom stereocenters. The van der Waals surface area contributed by atoms with E-state index in [0.717, 1.165) is 15.6 Å². The predicted molar refractivity (Wildman–Crippen MR) is 103 cm³/mol. The van der Waals surface area contributed by atoms with Crippen molar-refractivity contribution in [2.24, 2.45) is 5.84 Å². The molecule has 0 saturated carbocycles. The van der Waals surface area contributed by atoms with Gasteiger partial charge in [-0.1, -0.05) is 51.3 Å². The topological polar surface area (TPSA) is 72.9 Å². The fourth-order valence-corrected chi connectivity index (χ4v) is 3.02. The molecule has 1 aromatic heterocycles. The van der Waals surface area contributed by atoms with Gasteiger partial charge in [0.2, 0.25) is 0 Å². The van der Waals surface area contributed by atoms with Crippen molar-refractivity contribution in [3.63, 3.8) is 0 Å². The number of hydrogen-bond acceptors (Lipinski definition) is 3. The molecular formula is C17H13BrCl2N4O. The van der Waals surface area contributed by atoms with Crippen LogP contribution in [0, 0.1) is 0 Å². The SMILES string of the molecule is NNC(=O)c1cc(-c2ccc(Br)cc2)nn1Cc1cc(Cl)ccc1Cl. The van der Waals surface area contributed by atoms with Gasteiger partial charge in [-0.2, -0.15) is 5.10 Å². The third-order valence-corrected chi connectivity index (χ3v) is 4.74. The molecule has 3 rings (SSSR count). The van der Waals surface area contributed by atoms with Crippen molar-refractivity contribution < 1.29 is 4.79 Å². The van der Waals surface area contributed by atoms with Crippen LogP contribution in [0.4, 0.5) is 0 Å². The highest BCUT2D eigenvalue weighted by molar-refractivity contribution is 9.10. The van der Waals surface area contributed by atoms with Gasteiger partial charge in [-0.15, -0.1) is 0 Å². The maximum Gasteiger partial charge on any atom is 0.283 e. The first kappa shape index (κ1) is 17.9. The molecule has 2 aromatic carbocycles. The van der Waals surface area contributed by atoms with E-state index in [-0.39, 0.29) is 0 Å². The lowest BCUT2D eigenvalue weighted by Gasteiger charge is -2.08. The minimum absolute atomic E-state index is 0.290. The number of hydrazine groups is 1. The van der Waals surface area contributed by atoms with Gasteiger partial charge in [0.15, 0.2) is 0 Å². The van der Waals surface area contributed by atoms with E-state index in [1.165, 1.54) is 0 Å². The first-order chi connectivity index (χ1) is 12.0. The molecule has 25 heavy (non-hydrogen) atoms. The molecule has 0 fully saturated rings. The molecule has 0 aliphatic carbocycles. The molecule has 0 radical (unpaired) electrons. The highest BCUT2D eigenvalue weighted by Crippen LogP contribution is 2.25. The number of hydrogen-bond donors (Lipinski definition) is 2. The minimum Gasteiger partial charge on any atom is -0.289 e. The molecule has 0 spiro atoms. The Balaban J connectivity index is 2.03. The van der Waals surface area contributed by atoms with E-state index < -0.39 is 5.91 Å². The number of nitrogen functional groups attached to an aromatic ring is 1. The molecule has 0 unspecified atom stereocenters. The highest BCUT2D eigenvalue weighted by Gasteiger charge is 2.17. The average Bonchev–Trinajstić information content (AvgIpc) is 3.02. The Bertz CT molecular complexity index is 925. The number of amides is 1. The zero-order valence-corrected chi connectivity index (χ0v) is 15.9. The molecule has 1 heterocycles. The Kier molecular flexibility index (Phi) is 5.44. The lowest BCUT2D eigenvalue weighted by atomic mass is 10.1. The lowest BCUT2D eigenvalue weighted by Crippen LogP contribution is -2.32. The van der Waals surface area contributed by atoms with Gasteiger partial charge in [0.05, 0.1) is 12.2 Å². The van der Waals surface area contributed by atoms with Crippen LogP contribution in [0.2, 0.25) is 10.0 Å². The van der Waals surface area contributed by atoms with Crippen LogP contribution in [0.1, 0.15) is 16.1 Å². The molecule has 0 aliphatic rings. The van der Waals surface area contributed by atoms with E-state index in [1.54, 1.807) is 28.9 Å². The van der Waals surface area contributed by atoms with E-state index in [4.69, 9.17) is 29.0 Å². The molecule has 0 saturated heterocycles. The van der Waals surface area contributed by atoms with Gasteiger partial charge in [-0.25, -0.2) is 5.84 Å². The van der Waals surface area contributed by atoms with E-state index >= 15 is 0 Å². The van der Waals surface area contributed by atoms with Crippen LogP contribution in [0.5, 0.6) is 0 Å². The maximum atomic E-state index is 12.1. The summed E-state index contributed by atoms with van der Waals surface area (Å²) in [5.41, 5.74) is 4.76. The summed E-state index contributed by atoms with van der Waals surface area (Å²) in [6.45, 7) is 0.290. The smallest absolute Gasteiger partial charge is 0.283 e. The molecule has 1 amide bonds. The minimum atomic E-state index is -0.436. The lowest BCUT2D eigenvalue weighted by molar-refractivity contribution is 0.0943. The fourth-order valence-electron chi connectivity index (χ4n) is 2.38. The van der Waals surface area contributed by atoms with Crippen molar-refractivity contribution in [1.82, 2.24) is 15.2 Å². The van der Waals surface area contributed by atoms with Crippen molar-refractivity contribution in [3.8, 4) is 11.3 Å². The fraction of sp³-hybridized carbons (Fsp3) is 0.0588. The summed E-state index contributed by atoms with van der Waals surface area (Å²) >= 11 is 15.7. The first-order valence-corrected chi connectivity index (χ1v) is 8.81. The monoisotopic (exact) mass is 438 g/mol. The van der Waals surface area contributed by atoms with Gasteiger partial charge in [0.1, 0.15) is 5.69 Å².